The molecule has 0 unspecified atom stereocenters. The molecule has 1 N–H and O–H groups in total. The molecule has 3 aromatic rings. The molecule has 2 aromatic carbocycles. The van der Waals surface area contributed by atoms with E-state index in [9.17, 15) is 13.6 Å². The van der Waals surface area contributed by atoms with Gasteiger partial charge in [0.25, 0.3) is 5.91 Å². The van der Waals surface area contributed by atoms with E-state index in [-0.39, 0.29) is 5.56 Å². The maximum Gasteiger partial charge on any atom is 0.261 e. The van der Waals surface area contributed by atoms with Crippen LogP contribution in [0.3, 0.4) is 0 Å². The summed E-state index contributed by atoms with van der Waals surface area (Å²) < 4.78 is 28.6. The maximum atomic E-state index is 13.9. The first-order valence-electron chi connectivity index (χ1n) is 7.95. The second-order valence-corrected chi connectivity index (χ2v) is 5.66. The number of oxime groups is 1. The Kier molecular flexibility index (Phi) is 5.25. The zero-order valence-electron chi connectivity index (χ0n) is 14.6. The summed E-state index contributed by atoms with van der Waals surface area (Å²) in [6.45, 7) is 0. The molecular formula is C19H16F2N4O2. The van der Waals surface area contributed by atoms with E-state index in [4.69, 9.17) is 0 Å². The van der Waals surface area contributed by atoms with Gasteiger partial charge in [-0.1, -0.05) is 29.4 Å². The predicted octanol–water partition coefficient (Wildman–Crippen LogP) is 3.60. The van der Waals surface area contributed by atoms with E-state index in [2.05, 4.69) is 20.4 Å². The Labute approximate surface area is 154 Å². The lowest BCUT2D eigenvalue weighted by Crippen LogP contribution is -2.14. The van der Waals surface area contributed by atoms with E-state index < -0.39 is 17.7 Å². The van der Waals surface area contributed by atoms with Gasteiger partial charge in [-0.05, 0) is 29.3 Å². The van der Waals surface area contributed by atoms with Crippen molar-refractivity contribution >= 4 is 17.8 Å². The number of hydrogen-bond acceptors (Lipinski definition) is 4. The van der Waals surface area contributed by atoms with Gasteiger partial charge in [0.05, 0.1) is 12.4 Å². The molecule has 138 valence electrons. The molecule has 0 radical (unpaired) electrons. The summed E-state index contributed by atoms with van der Waals surface area (Å²) in [5.74, 6) is -1.88. The van der Waals surface area contributed by atoms with Crippen LogP contribution in [0, 0.1) is 11.8 Å². The summed E-state index contributed by atoms with van der Waals surface area (Å²) in [6, 6.07) is 11.0. The quantitative estimate of drug-likeness (QED) is 0.551. The van der Waals surface area contributed by atoms with Gasteiger partial charge in [0, 0.05) is 18.3 Å². The van der Waals surface area contributed by atoms with Crippen LogP contribution in [-0.4, -0.2) is 29.0 Å². The second kappa shape index (κ2) is 7.77. The Morgan fingerprint density at radius 3 is 2.59 bits per heavy atom. The van der Waals surface area contributed by atoms with Gasteiger partial charge in [0.15, 0.2) is 0 Å². The highest BCUT2D eigenvalue weighted by Gasteiger charge is 2.18. The molecule has 6 nitrogen and oxygen atoms in total. The lowest BCUT2D eigenvalue weighted by molar-refractivity contribution is 0.102. The average Bonchev–Trinajstić information content (AvgIpc) is 3.01. The third-order valence-corrected chi connectivity index (χ3v) is 3.87. The molecule has 0 aliphatic rings. The number of anilines is 1. The molecule has 0 bridgehead atoms. The molecule has 0 aliphatic carbocycles. The van der Waals surface area contributed by atoms with Crippen LogP contribution in [0.15, 0.2) is 53.8 Å². The highest BCUT2D eigenvalue weighted by molar-refractivity contribution is 6.06. The van der Waals surface area contributed by atoms with Crippen molar-refractivity contribution in [1.29, 1.82) is 0 Å². The molecule has 27 heavy (non-hydrogen) atoms. The molecule has 8 heteroatoms. The zero-order valence-corrected chi connectivity index (χ0v) is 14.6. The summed E-state index contributed by atoms with van der Waals surface area (Å²) >= 11 is 0. The normalized spacial score (nSPS) is 11.0. The number of aromatic nitrogens is 2. The number of hydrogen-bond donors (Lipinski definition) is 1. The fraction of sp³-hybridized carbons (Fsp3) is 0.105. The van der Waals surface area contributed by atoms with Gasteiger partial charge >= 0.3 is 0 Å². The Balaban J connectivity index is 1.92. The van der Waals surface area contributed by atoms with E-state index in [1.807, 2.05) is 0 Å². The fourth-order valence-corrected chi connectivity index (χ4v) is 2.49. The molecule has 1 aromatic heterocycles. The lowest BCUT2D eigenvalue weighted by Gasteiger charge is -2.11. The van der Waals surface area contributed by atoms with Crippen molar-refractivity contribution in [2.45, 2.75) is 0 Å². The number of nitrogens with zero attached hydrogens (tertiary/aromatic N) is 3. The first-order valence-corrected chi connectivity index (χ1v) is 7.95. The number of carbonyl (C=O) groups is 1. The van der Waals surface area contributed by atoms with Crippen LogP contribution < -0.4 is 5.32 Å². The van der Waals surface area contributed by atoms with E-state index in [0.717, 1.165) is 16.4 Å². The molecule has 1 heterocycles. The van der Waals surface area contributed by atoms with Gasteiger partial charge < -0.3 is 10.2 Å². The smallest absolute Gasteiger partial charge is 0.261 e. The second-order valence-electron chi connectivity index (χ2n) is 5.66. The minimum absolute atomic E-state index is 0.195. The summed E-state index contributed by atoms with van der Waals surface area (Å²) in [5, 5.41) is 9.99. The first-order chi connectivity index (χ1) is 13.0. The molecule has 0 fully saturated rings. The highest BCUT2D eigenvalue weighted by atomic mass is 19.1. The number of halogens is 2. The third kappa shape index (κ3) is 4.00. The van der Waals surface area contributed by atoms with Gasteiger partial charge in [0.2, 0.25) is 5.95 Å². The van der Waals surface area contributed by atoms with Gasteiger partial charge in [0.1, 0.15) is 18.5 Å². The molecule has 1 amide bonds. The molecule has 0 saturated carbocycles. The fourth-order valence-electron chi connectivity index (χ4n) is 2.49. The number of amides is 1. The minimum Gasteiger partial charge on any atom is -0.399 e. The number of benzene rings is 2. The summed E-state index contributed by atoms with van der Waals surface area (Å²) in [7, 11) is 2.83. The largest absolute Gasteiger partial charge is 0.399 e. The lowest BCUT2D eigenvalue weighted by atomic mass is 10.0. The topological polar surface area (TPSA) is 68.5 Å². The molecule has 0 spiro atoms. The predicted molar refractivity (Wildman–Crippen MR) is 97.6 cm³/mol. The van der Waals surface area contributed by atoms with Crippen molar-refractivity contribution in [3.63, 3.8) is 0 Å². The summed E-state index contributed by atoms with van der Waals surface area (Å²) in [4.78, 5) is 17.0. The number of aryl methyl sites for hydroxylation is 1. The number of carbonyl (C=O) groups excluding carboxylic acids is 1. The first kappa shape index (κ1) is 18.2. The van der Waals surface area contributed by atoms with Crippen molar-refractivity contribution in [3.05, 3.63) is 71.6 Å². The van der Waals surface area contributed by atoms with Gasteiger partial charge in [-0.15, -0.1) is 0 Å². The van der Waals surface area contributed by atoms with Crippen molar-refractivity contribution in [2.75, 3.05) is 12.4 Å². The third-order valence-electron chi connectivity index (χ3n) is 3.87. The van der Waals surface area contributed by atoms with Crippen LogP contribution in [-0.2, 0) is 11.9 Å². The van der Waals surface area contributed by atoms with Crippen LogP contribution in [0.4, 0.5) is 14.5 Å². The monoisotopic (exact) mass is 370 g/mol. The van der Waals surface area contributed by atoms with Gasteiger partial charge in [-0.3, -0.25) is 4.79 Å². The van der Waals surface area contributed by atoms with Crippen molar-refractivity contribution in [2.24, 2.45) is 12.2 Å². The van der Waals surface area contributed by atoms with E-state index >= 15 is 0 Å². The zero-order chi connectivity index (χ0) is 19.4. The van der Waals surface area contributed by atoms with E-state index in [0.29, 0.717) is 16.8 Å². The SMILES string of the molecule is CO/N=C/c1ccc(-c2cc(F)ccc2NC(=O)c2cnn(C)c2F)cc1. The maximum absolute atomic E-state index is 13.9. The summed E-state index contributed by atoms with van der Waals surface area (Å²) in [6.07, 6.45) is 2.67. The number of rotatable bonds is 5. The van der Waals surface area contributed by atoms with Crippen molar-refractivity contribution in [1.82, 2.24) is 9.78 Å². The van der Waals surface area contributed by atoms with Crippen LogP contribution in [0.1, 0.15) is 15.9 Å². The standard InChI is InChI=1S/C19H16F2N4O2/c1-25-18(21)16(11-22-25)19(26)24-17-8-7-14(20)9-15(17)13-5-3-12(4-6-13)10-23-27-2/h3-11H,1-2H3,(H,24,26)/b23-10+. The molecule has 0 aliphatic heterocycles. The van der Waals surface area contributed by atoms with E-state index in [1.165, 1.54) is 38.6 Å². The Morgan fingerprint density at radius 2 is 1.96 bits per heavy atom. The molecular weight excluding hydrogens is 354 g/mol. The van der Waals surface area contributed by atoms with Crippen LogP contribution in [0.25, 0.3) is 11.1 Å². The van der Waals surface area contributed by atoms with Crippen molar-refractivity contribution < 1.29 is 18.4 Å². The minimum atomic E-state index is -0.752. The Morgan fingerprint density at radius 1 is 1.22 bits per heavy atom. The summed E-state index contributed by atoms with van der Waals surface area (Å²) in [5.41, 5.74) is 2.08. The number of nitrogens with one attached hydrogen (secondary N) is 1. The Bertz CT molecular complexity index is 997. The van der Waals surface area contributed by atoms with Crippen molar-refractivity contribution in [3.8, 4) is 11.1 Å². The molecule has 3 rings (SSSR count). The van der Waals surface area contributed by atoms with E-state index in [1.54, 1.807) is 24.3 Å². The highest BCUT2D eigenvalue weighted by Crippen LogP contribution is 2.29. The Hall–Kier alpha value is -3.55. The van der Waals surface area contributed by atoms with Crippen LogP contribution in [0.2, 0.25) is 0 Å². The molecule has 0 atom stereocenters. The average molecular weight is 370 g/mol. The van der Waals surface area contributed by atoms with Gasteiger partial charge in [-0.25, -0.2) is 9.07 Å². The van der Waals surface area contributed by atoms with Crippen LogP contribution in [0.5, 0.6) is 0 Å². The van der Waals surface area contributed by atoms with Gasteiger partial charge in [-0.2, -0.15) is 9.49 Å². The molecule has 0 saturated heterocycles. The van der Waals surface area contributed by atoms with Crippen LogP contribution >= 0.6 is 0 Å².